The third kappa shape index (κ3) is 5.10. The Bertz CT molecular complexity index is 574. The monoisotopic (exact) mass is 324 g/mol. The first kappa shape index (κ1) is 19.2. The second-order valence-corrected chi connectivity index (χ2v) is 6.22. The standard InChI is InChI=1S/C17H28N2O4/c1-5-7-18(8-6-2)10-13-9-14(20)15(21)11-19(13)16(12(3)4)17(22)23/h9,11-12,16,21H,5-8,10H2,1-4H3,(H,22,23). The van der Waals surface area contributed by atoms with E-state index in [4.69, 9.17) is 0 Å². The molecule has 2 N–H and O–H groups in total. The zero-order valence-corrected chi connectivity index (χ0v) is 14.5. The average molecular weight is 324 g/mol. The Morgan fingerprint density at radius 1 is 1.26 bits per heavy atom. The van der Waals surface area contributed by atoms with Crippen LogP contribution in [-0.4, -0.2) is 38.7 Å². The normalized spacial score (nSPS) is 12.8. The Balaban J connectivity index is 3.31. The summed E-state index contributed by atoms with van der Waals surface area (Å²) < 4.78 is 1.53. The highest BCUT2D eigenvalue weighted by Crippen LogP contribution is 2.22. The van der Waals surface area contributed by atoms with Crippen LogP contribution in [0.15, 0.2) is 17.1 Å². The van der Waals surface area contributed by atoms with Gasteiger partial charge in [0.15, 0.2) is 5.75 Å². The number of aromatic nitrogens is 1. The Hall–Kier alpha value is -1.82. The fourth-order valence-electron chi connectivity index (χ4n) is 2.82. The summed E-state index contributed by atoms with van der Waals surface area (Å²) in [6, 6.07) is 0.535. The summed E-state index contributed by atoms with van der Waals surface area (Å²) in [5, 5.41) is 19.3. The highest BCUT2D eigenvalue weighted by molar-refractivity contribution is 5.72. The maximum Gasteiger partial charge on any atom is 0.326 e. The largest absolute Gasteiger partial charge is 0.503 e. The van der Waals surface area contributed by atoms with Gasteiger partial charge >= 0.3 is 5.97 Å². The lowest BCUT2D eigenvalue weighted by atomic mass is 10.0. The molecular weight excluding hydrogens is 296 g/mol. The SMILES string of the molecule is CCCN(CCC)Cc1cc(=O)c(O)cn1C(C(=O)O)C(C)C. The number of hydrogen-bond donors (Lipinski definition) is 2. The highest BCUT2D eigenvalue weighted by Gasteiger charge is 2.26. The fraction of sp³-hybridized carbons (Fsp3) is 0.647. The Morgan fingerprint density at radius 3 is 2.26 bits per heavy atom. The van der Waals surface area contributed by atoms with Crippen molar-refractivity contribution in [3.63, 3.8) is 0 Å². The topological polar surface area (TPSA) is 82.8 Å². The summed E-state index contributed by atoms with van der Waals surface area (Å²) in [6.07, 6.45) is 3.22. The van der Waals surface area contributed by atoms with E-state index in [0.717, 1.165) is 25.9 Å². The number of carbonyl (C=O) groups is 1. The smallest absolute Gasteiger partial charge is 0.326 e. The molecular formula is C17H28N2O4. The average Bonchev–Trinajstić information content (AvgIpc) is 2.44. The van der Waals surface area contributed by atoms with Crippen LogP contribution in [0.25, 0.3) is 0 Å². The van der Waals surface area contributed by atoms with Crippen molar-refractivity contribution in [1.82, 2.24) is 9.47 Å². The van der Waals surface area contributed by atoms with Crippen LogP contribution >= 0.6 is 0 Å². The predicted octanol–water partition coefficient (Wildman–Crippen LogP) is 2.46. The molecule has 1 rings (SSSR count). The Morgan fingerprint density at radius 2 is 1.83 bits per heavy atom. The first-order valence-corrected chi connectivity index (χ1v) is 8.20. The first-order valence-electron chi connectivity index (χ1n) is 8.20. The van der Waals surface area contributed by atoms with E-state index in [1.807, 2.05) is 13.8 Å². The van der Waals surface area contributed by atoms with Gasteiger partial charge in [-0.2, -0.15) is 0 Å². The molecule has 23 heavy (non-hydrogen) atoms. The van der Waals surface area contributed by atoms with Crippen LogP contribution in [0.3, 0.4) is 0 Å². The van der Waals surface area contributed by atoms with Gasteiger partial charge in [-0.25, -0.2) is 4.79 Å². The lowest BCUT2D eigenvalue weighted by molar-refractivity contribution is -0.142. The van der Waals surface area contributed by atoms with Gasteiger partial charge in [-0.3, -0.25) is 9.69 Å². The molecule has 1 aromatic heterocycles. The van der Waals surface area contributed by atoms with Gasteiger partial charge in [0.25, 0.3) is 0 Å². The minimum atomic E-state index is -0.971. The maximum atomic E-state index is 11.8. The molecule has 1 unspecified atom stereocenters. The summed E-state index contributed by atoms with van der Waals surface area (Å²) in [5.74, 6) is -1.56. The molecule has 0 saturated heterocycles. The Kier molecular flexibility index (Phi) is 7.29. The van der Waals surface area contributed by atoms with Gasteiger partial charge < -0.3 is 14.8 Å². The number of aliphatic carboxylic acids is 1. The zero-order chi connectivity index (χ0) is 17.6. The molecule has 0 aliphatic rings. The van der Waals surface area contributed by atoms with Crippen LogP contribution in [0.4, 0.5) is 0 Å². The number of aromatic hydroxyl groups is 1. The summed E-state index contributed by atoms with van der Waals surface area (Å²) in [7, 11) is 0. The molecule has 0 spiro atoms. The number of nitrogens with zero attached hydrogens (tertiary/aromatic N) is 2. The first-order chi connectivity index (χ1) is 10.8. The molecule has 0 radical (unpaired) electrons. The van der Waals surface area contributed by atoms with Crippen molar-refractivity contribution in [2.45, 2.75) is 53.1 Å². The molecule has 6 nitrogen and oxygen atoms in total. The third-order valence-electron chi connectivity index (χ3n) is 3.79. The Labute approximate surface area is 137 Å². The molecule has 0 fully saturated rings. The van der Waals surface area contributed by atoms with E-state index < -0.39 is 23.2 Å². The van der Waals surface area contributed by atoms with Gasteiger partial charge in [-0.1, -0.05) is 27.7 Å². The fourth-order valence-corrected chi connectivity index (χ4v) is 2.82. The van der Waals surface area contributed by atoms with Crippen LogP contribution in [0.2, 0.25) is 0 Å². The van der Waals surface area contributed by atoms with Crippen LogP contribution in [-0.2, 0) is 11.3 Å². The van der Waals surface area contributed by atoms with Crippen LogP contribution in [0.5, 0.6) is 5.75 Å². The van der Waals surface area contributed by atoms with Crippen molar-refractivity contribution in [2.24, 2.45) is 5.92 Å². The van der Waals surface area contributed by atoms with Crippen molar-refractivity contribution in [1.29, 1.82) is 0 Å². The van der Waals surface area contributed by atoms with Gasteiger partial charge in [-0.05, 0) is 31.8 Å². The summed E-state index contributed by atoms with van der Waals surface area (Å²) in [5.41, 5.74) is 0.146. The van der Waals surface area contributed by atoms with Crippen molar-refractivity contribution in [2.75, 3.05) is 13.1 Å². The maximum absolute atomic E-state index is 11.8. The molecule has 6 heteroatoms. The lowest BCUT2D eigenvalue weighted by Gasteiger charge is -2.27. The van der Waals surface area contributed by atoms with E-state index in [2.05, 4.69) is 18.7 Å². The second kappa shape index (κ2) is 8.72. The van der Waals surface area contributed by atoms with E-state index >= 15 is 0 Å². The van der Waals surface area contributed by atoms with Crippen molar-refractivity contribution >= 4 is 5.97 Å². The number of rotatable bonds is 9. The minimum absolute atomic E-state index is 0.168. The molecule has 0 saturated carbocycles. The number of pyridine rings is 1. The van der Waals surface area contributed by atoms with Crippen LogP contribution in [0.1, 0.15) is 52.3 Å². The molecule has 1 aromatic rings. The van der Waals surface area contributed by atoms with E-state index in [1.54, 1.807) is 0 Å². The molecule has 0 amide bonds. The van der Waals surface area contributed by atoms with Gasteiger partial charge in [0, 0.05) is 18.3 Å². The van der Waals surface area contributed by atoms with Crippen molar-refractivity contribution in [3.8, 4) is 5.75 Å². The van der Waals surface area contributed by atoms with E-state index in [9.17, 15) is 19.8 Å². The molecule has 0 aliphatic carbocycles. The van der Waals surface area contributed by atoms with Crippen LogP contribution < -0.4 is 5.43 Å². The lowest BCUT2D eigenvalue weighted by Crippen LogP contribution is -2.32. The van der Waals surface area contributed by atoms with Gasteiger partial charge in [0.1, 0.15) is 6.04 Å². The minimum Gasteiger partial charge on any atom is -0.503 e. The number of carboxylic acid groups (broad SMARTS) is 1. The third-order valence-corrected chi connectivity index (χ3v) is 3.79. The molecule has 1 atom stereocenters. The zero-order valence-electron chi connectivity index (χ0n) is 14.5. The van der Waals surface area contributed by atoms with Crippen molar-refractivity contribution in [3.05, 3.63) is 28.2 Å². The van der Waals surface area contributed by atoms with Gasteiger partial charge in [-0.15, -0.1) is 0 Å². The summed E-state index contributed by atoms with van der Waals surface area (Å²) in [6.45, 7) is 10.0. The van der Waals surface area contributed by atoms with E-state index in [1.165, 1.54) is 16.8 Å². The van der Waals surface area contributed by atoms with E-state index in [-0.39, 0.29) is 5.92 Å². The molecule has 0 aliphatic heterocycles. The number of hydrogen-bond acceptors (Lipinski definition) is 4. The molecule has 1 heterocycles. The second-order valence-electron chi connectivity index (χ2n) is 6.22. The number of carboxylic acids is 1. The van der Waals surface area contributed by atoms with Crippen LogP contribution in [0, 0.1) is 5.92 Å². The molecule has 130 valence electrons. The molecule has 0 aromatic carbocycles. The van der Waals surface area contributed by atoms with E-state index in [0.29, 0.717) is 12.2 Å². The summed E-state index contributed by atoms with van der Waals surface area (Å²) >= 11 is 0. The molecule has 0 bridgehead atoms. The summed E-state index contributed by atoms with van der Waals surface area (Å²) in [4.78, 5) is 25.7. The highest BCUT2D eigenvalue weighted by atomic mass is 16.4. The van der Waals surface area contributed by atoms with Gasteiger partial charge in [0.2, 0.25) is 5.43 Å². The quantitative estimate of drug-likeness (QED) is 0.729. The van der Waals surface area contributed by atoms with Crippen molar-refractivity contribution < 1.29 is 15.0 Å². The predicted molar refractivity (Wildman–Crippen MR) is 89.7 cm³/mol. The van der Waals surface area contributed by atoms with Gasteiger partial charge in [0.05, 0.1) is 6.20 Å².